The van der Waals surface area contributed by atoms with Crippen molar-refractivity contribution in [3.63, 3.8) is 0 Å². The first-order valence-corrected chi connectivity index (χ1v) is 14.2. The van der Waals surface area contributed by atoms with Crippen LogP contribution in [0, 0.1) is 13.8 Å². The Morgan fingerprint density at radius 1 is 0.756 bits per heavy atom. The van der Waals surface area contributed by atoms with Crippen molar-refractivity contribution >= 4 is 33.8 Å². The maximum Gasteiger partial charge on any atom is 0.380 e. The molecule has 0 saturated carbocycles. The van der Waals surface area contributed by atoms with Gasteiger partial charge in [-0.05, 0) is 79.4 Å². The molecule has 0 spiro atoms. The molecule has 0 bridgehead atoms. The third-order valence-electron chi connectivity index (χ3n) is 7.01. The van der Waals surface area contributed by atoms with Crippen LogP contribution < -0.4 is 10.5 Å². The second-order valence-electron chi connectivity index (χ2n) is 9.68. The molecule has 2 heterocycles. The summed E-state index contributed by atoms with van der Waals surface area (Å²) in [4.78, 5) is 1.44. The Morgan fingerprint density at radius 3 is 1.68 bits per heavy atom. The fraction of sp³-hybridized carbons (Fsp3) is 0.226. The maximum atomic E-state index is 15.5. The van der Waals surface area contributed by atoms with Crippen LogP contribution in [-0.4, -0.2) is 24.4 Å². The van der Waals surface area contributed by atoms with Crippen molar-refractivity contribution < 1.29 is 31.1 Å². The minimum atomic E-state index is -5.62. The number of rotatable bonds is 7. The van der Waals surface area contributed by atoms with E-state index in [4.69, 9.17) is 10.5 Å². The number of benzene rings is 2. The summed E-state index contributed by atoms with van der Waals surface area (Å²) in [5.74, 6) is -15.3. The monoisotopic (exact) mass is 605 g/mol. The molecule has 1 aliphatic carbocycles. The van der Waals surface area contributed by atoms with Crippen LogP contribution in [0.4, 0.5) is 26.3 Å². The summed E-state index contributed by atoms with van der Waals surface area (Å²) in [5, 5.41) is 0. The average molecular weight is 606 g/mol. The first-order valence-electron chi connectivity index (χ1n) is 12.6. The predicted molar refractivity (Wildman–Crippen MR) is 154 cm³/mol. The lowest BCUT2D eigenvalue weighted by Crippen LogP contribution is -2.48. The van der Waals surface area contributed by atoms with Gasteiger partial charge in [0.2, 0.25) is 0 Å². The topological polar surface area (TPSA) is 35.2 Å². The fourth-order valence-electron chi connectivity index (χ4n) is 4.75. The number of hydrogen-bond donors (Lipinski definition) is 1. The SMILES string of the molecule is C/C=C(\N)COc1ccc(-c2cc(C3=C(c4cc(-c5ccccc5)sc4C)C(F)(F)C(F)(F)C3(F)F)c(C)s2)cc1. The van der Waals surface area contributed by atoms with Gasteiger partial charge in [-0.1, -0.05) is 36.4 Å². The van der Waals surface area contributed by atoms with Gasteiger partial charge in [0.15, 0.2) is 0 Å². The molecule has 2 aromatic carbocycles. The Kier molecular flexibility index (Phi) is 7.36. The molecule has 214 valence electrons. The number of hydrogen-bond acceptors (Lipinski definition) is 4. The molecule has 2 nitrogen and oxygen atoms in total. The van der Waals surface area contributed by atoms with E-state index < -0.39 is 28.9 Å². The van der Waals surface area contributed by atoms with Crippen LogP contribution in [0.1, 0.15) is 27.8 Å². The summed E-state index contributed by atoms with van der Waals surface area (Å²) in [6, 6.07) is 18.0. The van der Waals surface area contributed by atoms with Crippen molar-refractivity contribution in [2.45, 2.75) is 38.5 Å². The molecule has 2 aromatic heterocycles. The predicted octanol–water partition coefficient (Wildman–Crippen LogP) is 9.83. The molecule has 4 aromatic rings. The summed E-state index contributed by atoms with van der Waals surface area (Å²) >= 11 is 2.15. The Morgan fingerprint density at radius 2 is 1.22 bits per heavy atom. The lowest BCUT2D eigenvalue weighted by atomic mass is 9.94. The van der Waals surface area contributed by atoms with Crippen LogP contribution in [0.25, 0.3) is 32.0 Å². The quantitative estimate of drug-likeness (QED) is 0.213. The molecule has 2 N–H and O–H groups in total. The molecule has 0 saturated heterocycles. The Hall–Kier alpha value is -3.50. The molecule has 0 radical (unpaired) electrons. The minimum absolute atomic E-state index is 0.181. The Balaban J connectivity index is 1.63. The first-order chi connectivity index (χ1) is 19.3. The van der Waals surface area contributed by atoms with Crippen LogP contribution in [0.5, 0.6) is 5.75 Å². The molecular formula is C31H25F6NOS2. The molecule has 41 heavy (non-hydrogen) atoms. The molecule has 5 rings (SSSR count). The number of thiophene rings is 2. The fourth-order valence-corrected chi connectivity index (χ4v) is 6.81. The van der Waals surface area contributed by atoms with Crippen molar-refractivity contribution in [1.82, 2.24) is 0 Å². The van der Waals surface area contributed by atoms with Crippen LogP contribution in [0.3, 0.4) is 0 Å². The smallest absolute Gasteiger partial charge is 0.380 e. The van der Waals surface area contributed by atoms with E-state index in [9.17, 15) is 8.78 Å². The molecule has 0 atom stereocenters. The van der Waals surface area contributed by atoms with Gasteiger partial charge in [-0.3, -0.25) is 0 Å². The first kappa shape index (κ1) is 29.0. The van der Waals surface area contributed by atoms with Crippen LogP contribution in [0.15, 0.2) is 78.5 Å². The summed E-state index contributed by atoms with van der Waals surface area (Å²) in [7, 11) is 0. The zero-order chi connectivity index (χ0) is 29.7. The third-order valence-corrected chi connectivity index (χ3v) is 9.21. The van der Waals surface area contributed by atoms with E-state index in [1.807, 2.05) is 0 Å². The van der Waals surface area contributed by atoms with Crippen LogP contribution >= 0.6 is 22.7 Å². The number of nitrogens with two attached hydrogens (primary N) is 1. The molecule has 0 aliphatic heterocycles. The van der Waals surface area contributed by atoms with Crippen LogP contribution in [0.2, 0.25) is 0 Å². The highest BCUT2D eigenvalue weighted by Gasteiger charge is 2.80. The number of halogens is 6. The molecular weight excluding hydrogens is 580 g/mol. The van der Waals surface area contributed by atoms with Gasteiger partial charge in [-0.25, -0.2) is 0 Å². The molecule has 1 aliphatic rings. The van der Waals surface area contributed by atoms with Gasteiger partial charge in [0.1, 0.15) is 12.4 Å². The van der Waals surface area contributed by atoms with E-state index in [0.29, 0.717) is 32.3 Å². The summed E-state index contributed by atoms with van der Waals surface area (Å²) in [5.41, 5.74) is 4.24. The van der Waals surface area contributed by atoms with Crippen molar-refractivity contribution in [3.05, 3.63) is 99.4 Å². The van der Waals surface area contributed by atoms with E-state index >= 15 is 17.6 Å². The second kappa shape index (κ2) is 10.4. The highest BCUT2D eigenvalue weighted by molar-refractivity contribution is 7.16. The number of ether oxygens (including phenoxy) is 1. The normalized spacial score (nSPS) is 17.7. The molecule has 0 amide bonds. The van der Waals surface area contributed by atoms with Gasteiger partial charge in [-0.2, -0.15) is 26.3 Å². The number of alkyl halides is 6. The van der Waals surface area contributed by atoms with E-state index in [2.05, 4.69) is 0 Å². The standard InChI is InChI=1S/C31H25F6NOS2/c1-4-21(38)16-39-22-12-10-20(11-13-22)26-15-24(18(3)41-26)28-27(29(32,33)31(36,37)30(28,34)35)23-14-25(40-17(23)2)19-8-6-5-7-9-19/h4-15H,16,38H2,1-3H3/b21-4-. The van der Waals surface area contributed by atoms with Gasteiger partial charge in [0.25, 0.3) is 0 Å². The average Bonchev–Trinajstić information content (AvgIpc) is 3.54. The van der Waals surface area contributed by atoms with Gasteiger partial charge < -0.3 is 10.5 Å². The van der Waals surface area contributed by atoms with E-state index in [-0.39, 0.29) is 27.5 Å². The van der Waals surface area contributed by atoms with Gasteiger partial charge in [-0.15, -0.1) is 22.7 Å². The summed E-state index contributed by atoms with van der Waals surface area (Å²) < 4.78 is 97.3. The van der Waals surface area contributed by atoms with Crippen molar-refractivity contribution in [2.24, 2.45) is 5.73 Å². The summed E-state index contributed by atoms with van der Waals surface area (Å²) in [6.07, 6.45) is 1.71. The van der Waals surface area contributed by atoms with Crippen LogP contribution in [-0.2, 0) is 0 Å². The van der Waals surface area contributed by atoms with Crippen molar-refractivity contribution in [3.8, 4) is 26.6 Å². The molecule has 0 unspecified atom stereocenters. The maximum absolute atomic E-state index is 15.5. The number of allylic oxidation sites excluding steroid dienone is 3. The molecule has 10 heteroatoms. The largest absolute Gasteiger partial charge is 0.487 e. The Labute approximate surface area is 241 Å². The second-order valence-corrected chi connectivity index (χ2v) is 12.2. The van der Waals surface area contributed by atoms with E-state index in [1.54, 1.807) is 67.6 Å². The highest BCUT2D eigenvalue weighted by atomic mass is 32.1. The zero-order valence-electron chi connectivity index (χ0n) is 22.2. The lowest BCUT2D eigenvalue weighted by molar-refractivity contribution is -0.254. The van der Waals surface area contributed by atoms with Crippen molar-refractivity contribution in [1.29, 1.82) is 0 Å². The lowest BCUT2D eigenvalue weighted by Gasteiger charge is -2.25. The third kappa shape index (κ3) is 4.76. The Bertz CT molecular complexity index is 1650. The highest BCUT2D eigenvalue weighted by Crippen LogP contribution is 2.66. The van der Waals surface area contributed by atoms with Gasteiger partial charge in [0.05, 0.1) is 0 Å². The van der Waals surface area contributed by atoms with Gasteiger partial charge >= 0.3 is 17.8 Å². The zero-order valence-corrected chi connectivity index (χ0v) is 23.8. The minimum Gasteiger partial charge on any atom is -0.487 e. The summed E-state index contributed by atoms with van der Waals surface area (Å²) in [6.45, 7) is 4.90. The van der Waals surface area contributed by atoms with E-state index in [0.717, 1.165) is 22.7 Å². The van der Waals surface area contributed by atoms with Crippen molar-refractivity contribution in [2.75, 3.05) is 6.61 Å². The van der Waals surface area contributed by atoms with E-state index in [1.165, 1.54) is 26.0 Å². The molecule has 0 fully saturated rings. The van der Waals surface area contributed by atoms with Gasteiger partial charge in [0, 0.05) is 36.4 Å². The number of aryl methyl sites for hydroxylation is 2.